The van der Waals surface area contributed by atoms with Crippen molar-refractivity contribution in [2.24, 2.45) is 11.8 Å². The highest BCUT2D eigenvalue weighted by Gasteiger charge is 2.52. The van der Waals surface area contributed by atoms with Crippen LogP contribution in [0.1, 0.15) is 64.5 Å². The summed E-state index contributed by atoms with van der Waals surface area (Å²) in [5.41, 5.74) is 2.59. The third-order valence-corrected chi connectivity index (χ3v) is 6.81. The fraction of sp³-hybridized carbons (Fsp3) is 0.625. The second kappa shape index (κ2) is 9.59. The van der Waals surface area contributed by atoms with Gasteiger partial charge in [0.25, 0.3) is 11.8 Å². The smallest absolute Gasteiger partial charge is 0.344 e. The number of carbonyl (C=O) groups is 3. The molecule has 1 aromatic rings. The van der Waals surface area contributed by atoms with E-state index in [9.17, 15) is 14.4 Å². The van der Waals surface area contributed by atoms with Gasteiger partial charge in [-0.15, -0.1) is 0 Å². The number of nitrogens with one attached hydrogen (secondary N) is 3. The molecule has 1 saturated carbocycles. The third-order valence-electron chi connectivity index (χ3n) is 6.81. The Kier molecular flexibility index (Phi) is 6.78. The van der Waals surface area contributed by atoms with Crippen LogP contribution in [-0.4, -0.2) is 48.2 Å². The molecule has 4 amide bonds. The summed E-state index contributed by atoms with van der Waals surface area (Å²) in [6.07, 6.45) is 3.78. The zero-order valence-corrected chi connectivity index (χ0v) is 19.6. The molecule has 0 radical (unpaired) electrons. The summed E-state index contributed by atoms with van der Waals surface area (Å²) >= 11 is 0. The van der Waals surface area contributed by atoms with E-state index in [1.54, 1.807) is 0 Å². The van der Waals surface area contributed by atoms with Crippen LogP contribution < -0.4 is 25.5 Å². The minimum Gasteiger partial charge on any atom is -0.490 e. The van der Waals surface area contributed by atoms with Gasteiger partial charge in [-0.2, -0.15) is 5.01 Å². The van der Waals surface area contributed by atoms with Crippen LogP contribution in [0.25, 0.3) is 0 Å². The predicted molar refractivity (Wildman–Crippen MR) is 122 cm³/mol. The standard InChI is InChI=1S/C24H34N4O5/c1-15(2)21(17-5-6-18-19(13-17)33-12-4-11-32-18)25-14-20(29)27-28-22(30)24(26-23(28)31)9-7-16(3)8-10-24/h5-6,13,15-16,21,25H,4,7-12,14H2,1-3H3,(H,26,31)(H,27,29). The number of nitrogens with zero attached hydrogens (tertiary/aromatic N) is 1. The SMILES string of the molecule is CC1CCC2(CC1)NC(=O)N(NC(=O)CNC(c1ccc3c(c1)OCCCO3)C(C)C)C2=O. The van der Waals surface area contributed by atoms with Crippen LogP contribution in [0.2, 0.25) is 0 Å². The molecule has 1 aromatic carbocycles. The Labute approximate surface area is 194 Å². The Morgan fingerprint density at radius 1 is 1.18 bits per heavy atom. The second-order valence-electron chi connectivity index (χ2n) is 9.73. The molecule has 0 bridgehead atoms. The number of imide groups is 1. The molecule has 1 unspecified atom stereocenters. The molecule has 2 heterocycles. The number of carbonyl (C=O) groups excluding carboxylic acids is 3. The number of urea groups is 1. The number of rotatable bonds is 6. The maximum absolute atomic E-state index is 12.9. The summed E-state index contributed by atoms with van der Waals surface area (Å²) in [5, 5.41) is 6.92. The van der Waals surface area contributed by atoms with Crippen molar-refractivity contribution in [2.75, 3.05) is 19.8 Å². The van der Waals surface area contributed by atoms with E-state index in [-0.39, 0.29) is 24.4 Å². The van der Waals surface area contributed by atoms with E-state index in [1.165, 1.54) is 0 Å². The zero-order chi connectivity index (χ0) is 23.6. The molecule has 2 fully saturated rings. The molecule has 3 N–H and O–H groups in total. The zero-order valence-electron chi connectivity index (χ0n) is 19.6. The Hall–Kier alpha value is -2.81. The highest BCUT2D eigenvalue weighted by Crippen LogP contribution is 2.36. The van der Waals surface area contributed by atoms with E-state index in [0.717, 1.165) is 35.6 Å². The van der Waals surface area contributed by atoms with Gasteiger partial charge >= 0.3 is 6.03 Å². The molecule has 180 valence electrons. The third kappa shape index (κ3) is 4.93. The van der Waals surface area contributed by atoms with Gasteiger partial charge in [0.1, 0.15) is 5.54 Å². The fourth-order valence-electron chi connectivity index (χ4n) is 4.79. The van der Waals surface area contributed by atoms with E-state index >= 15 is 0 Å². The van der Waals surface area contributed by atoms with Crippen LogP contribution in [0, 0.1) is 11.8 Å². The maximum Gasteiger partial charge on any atom is 0.344 e. The average molecular weight is 459 g/mol. The summed E-state index contributed by atoms with van der Waals surface area (Å²) < 4.78 is 11.5. The van der Waals surface area contributed by atoms with Crippen LogP contribution in [0.5, 0.6) is 11.5 Å². The average Bonchev–Trinajstić information content (AvgIpc) is 2.93. The van der Waals surface area contributed by atoms with Crippen LogP contribution in [0.15, 0.2) is 18.2 Å². The number of hydrogen-bond acceptors (Lipinski definition) is 6. The topological polar surface area (TPSA) is 109 Å². The molecule has 1 saturated heterocycles. The lowest BCUT2D eigenvalue weighted by Crippen LogP contribution is -2.52. The number of amides is 4. The predicted octanol–water partition coefficient (Wildman–Crippen LogP) is 2.67. The Bertz CT molecular complexity index is 910. The van der Waals surface area contributed by atoms with E-state index in [1.807, 2.05) is 18.2 Å². The van der Waals surface area contributed by atoms with Crippen molar-refractivity contribution in [1.29, 1.82) is 0 Å². The van der Waals surface area contributed by atoms with Crippen LogP contribution in [-0.2, 0) is 9.59 Å². The fourth-order valence-corrected chi connectivity index (χ4v) is 4.79. The molecular weight excluding hydrogens is 424 g/mol. The molecule has 2 aliphatic heterocycles. The van der Waals surface area contributed by atoms with E-state index in [2.05, 4.69) is 36.8 Å². The van der Waals surface area contributed by atoms with Crippen molar-refractivity contribution >= 4 is 17.8 Å². The van der Waals surface area contributed by atoms with Gasteiger partial charge in [-0.25, -0.2) is 4.79 Å². The van der Waals surface area contributed by atoms with Gasteiger partial charge in [0.15, 0.2) is 11.5 Å². The molecule has 0 aromatic heterocycles. The van der Waals surface area contributed by atoms with Crippen LogP contribution >= 0.6 is 0 Å². The first-order chi connectivity index (χ1) is 15.8. The Morgan fingerprint density at radius 3 is 2.58 bits per heavy atom. The minimum atomic E-state index is -0.880. The molecular formula is C24H34N4O5. The first-order valence-electron chi connectivity index (χ1n) is 11.9. The summed E-state index contributed by atoms with van der Waals surface area (Å²) in [5.74, 6) is 1.34. The quantitative estimate of drug-likeness (QED) is 0.566. The second-order valence-corrected chi connectivity index (χ2v) is 9.73. The first-order valence-corrected chi connectivity index (χ1v) is 11.9. The number of benzene rings is 1. The normalized spacial score (nSPS) is 25.7. The monoisotopic (exact) mass is 458 g/mol. The first kappa shape index (κ1) is 23.4. The van der Waals surface area contributed by atoms with E-state index < -0.39 is 17.5 Å². The van der Waals surface area contributed by atoms with Crippen molar-refractivity contribution in [2.45, 2.75) is 64.5 Å². The molecule has 3 aliphatic rings. The number of ether oxygens (including phenoxy) is 2. The van der Waals surface area contributed by atoms with Crippen LogP contribution in [0.3, 0.4) is 0 Å². The highest BCUT2D eigenvalue weighted by atomic mass is 16.5. The largest absolute Gasteiger partial charge is 0.490 e. The van der Waals surface area contributed by atoms with Crippen LogP contribution in [0.4, 0.5) is 4.79 Å². The Morgan fingerprint density at radius 2 is 1.88 bits per heavy atom. The summed E-state index contributed by atoms with van der Waals surface area (Å²) in [7, 11) is 0. The number of hydrazine groups is 1. The molecule has 1 spiro atoms. The molecule has 1 atom stereocenters. The van der Waals surface area contributed by atoms with Gasteiger partial charge in [0.05, 0.1) is 19.8 Å². The lowest BCUT2D eigenvalue weighted by molar-refractivity contribution is -0.139. The van der Waals surface area contributed by atoms with Crippen molar-refractivity contribution in [3.8, 4) is 11.5 Å². The van der Waals surface area contributed by atoms with Gasteiger partial charge in [0.2, 0.25) is 0 Å². The van der Waals surface area contributed by atoms with Gasteiger partial charge in [-0.1, -0.05) is 26.8 Å². The number of fused-ring (bicyclic) bond motifs is 1. The molecule has 9 nitrogen and oxygen atoms in total. The van der Waals surface area contributed by atoms with Crippen molar-refractivity contribution in [1.82, 2.24) is 21.1 Å². The highest BCUT2D eigenvalue weighted by molar-refractivity contribution is 6.08. The van der Waals surface area contributed by atoms with Crippen molar-refractivity contribution in [3.05, 3.63) is 23.8 Å². The lowest BCUT2D eigenvalue weighted by Gasteiger charge is -2.33. The van der Waals surface area contributed by atoms with Gasteiger partial charge in [0, 0.05) is 12.5 Å². The molecule has 33 heavy (non-hydrogen) atoms. The van der Waals surface area contributed by atoms with E-state index in [4.69, 9.17) is 9.47 Å². The van der Waals surface area contributed by atoms with Crippen molar-refractivity contribution < 1.29 is 23.9 Å². The lowest BCUT2D eigenvalue weighted by atomic mass is 9.77. The Balaban J connectivity index is 1.37. The molecule has 4 rings (SSSR count). The van der Waals surface area contributed by atoms with Gasteiger partial charge < -0.3 is 20.1 Å². The van der Waals surface area contributed by atoms with Crippen molar-refractivity contribution in [3.63, 3.8) is 0 Å². The number of hydrogen-bond donors (Lipinski definition) is 3. The summed E-state index contributed by atoms with van der Waals surface area (Å²) in [6.45, 7) is 7.45. The van der Waals surface area contributed by atoms with Gasteiger partial charge in [-0.3, -0.25) is 15.0 Å². The van der Waals surface area contributed by atoms with Gasteiger partial charge in [-0.05, 0) is 55.2 Å². The molecule has 1 aliphatic carbocycles. The van der Waals surface area contributed by atoms with E-state index in [0.29, 0.717) is 37.7 Å². The maximum atomic E-state index is 12.9. The molecule has 9 heteroatoms. The summed E-state index contributed by atoms with van der Waals surface area (Å²) in [4.78, 5) is 38.0. The summed E-state index contributed by atoms with van der Waals surface area (Å²) in [6, 6.07) is 5.12. The minimum absolute atomic E-state index is 0.0433.